The van der Waals surface area contributed by atoms with Crippen molar-refractivity contribution in [1.82, 2.24) is 10.6 Å². The molecule has 2 rings (SSSR count). The van der Waals surface area contributed by atoms with E-state index in [0.717, 1.165) is 12.0 Å². The van der Waals surface area contributed by atoms with Crippen molar-refractivity contribution in [3.8, 4) is 0 Å². The number of hydrogen-bond acceptors (Lipinski definition) is 2. The van der Waals surface area contributed by atoms with Crippen LogP contribution in [0.15, 0.2) is 0 Å². The largest absolute Gasteiger partial charge is 0.311 e. The van der Waals surface area contributed by atoms with Crippen molar-refractivity contribution in [2.75, 3.05) is 0 Å². The monoisotopic (exact) mass is 252 g/mol. The van der Waals surface area contributed by atoms with E-state index < -0.39 is 0 Å². The first-order valence-corrected chi connectivity index (χ1v) is 7.81. The van der Waals surface area contributed by atoms with E-state index in [-0.39, 0.29) is 11.1 Å². The molecule has 0 bridgehead atoms. The minimum atomic E-state index is 0.265. The molecule has 1 aliphatic carbocycles. The lowest BCUT2D eigenvalue weighted by Crippen LogP contribution is -2.62. The first-order chi connectivity index (χ1) is 8.26. The lowest BCUT2D eigenvalue weighted by Gasteiger charge is -2.48. The van der Waals surface area contributed by atoms with Crippen LogP contribution in [0.4, 0.5) is 0 Å². The van der Waals surface area contributed by atoms with Crippen LogP contribution in [0, 0.1) is 5.92 Å². The number of piperidine rings is 1. The van der Waals surface area contributed by atoms with Gasteiger partial charge in [-0.1, -0.05) is 6.92 Å². The zero-order valence-corrected chi connectivity index (χ0v) is 13.0. The molecular weight excluding hydrogens is 220 g/mol. The van der Waals surface area contributed by atoms with Gasteiger partial charge >= 0.3 is 0 Å². The van der Waals surface area contributed by atoms with E-state index in [2.05, 4.69) is 45.3 Å². The molecule has 2 aliphatic rings. The average molecular weight is 252 g/mol. The van der Waals surface area contributed by atoms with Crippen molar-refractivity contribution in [3.05, 3.63) is 0 Å². The fourth-order valence-corrected chi connectivity index (χ4v) is 4.20. The Kier molecular flexibility index (Phi) is 4.08. The number of hydrogen-bond donors (Lipinski definition) is 2. The molecular formula is C16H32N2. The number of nitrogens with one attached hydrogen (secondary N) is 2. The maximum Gasteiger partial charge on any atom is 0.0144 e. The quantitative estimate of drug-likeness (QED) is 0.786. The molecule has 18 heavy (non-hydrogen) atoms. The molecule has 0 atom stereocenters. The van der Waals surface area contributed by atoms with Crippen molar-refractivity contribution < 1.29 is 0 Å². The van der Waals surface area contributed by atoms with Crippen LogP contribution in [0.1, 0.15) is 73.1 Å². The van der Waals surface area contributed by atoms with Gasteiger partial charge in [0.1, 0.15) is 0 Å². The Labute approximate surface area is 113 Å². The number of rotatable bonds is 2. The van der Waals surface area contributed by atoms with Gasteiger partial charge in [-0.25, -0.2) is 0 Å². The zero-order chi connectivity index (χ0) is 13.4. The minimum Gasteiger partial charge on any atom is -0.311 e. The fraction of sp³-hybridized carbons (Fsp3) is 1.00. The SMILES string of the molecule is CC1CCC(NC2CC(C)(C)NC(C)(C)C2)CC1. The first kappa shape index (κ1) is 14.3. The Morgan fingerprint density at radius 1 is 0.833 bits per heavy atom. The van der Waals surface area contributed by atoms with E-state index in [9.17, 15) is 0 Å². The summed E-state index contributed by atoms with van der Waals surface area (Å²) in [5, 5.41) is 7.72. The Hall–Kier alpha value is -0.0800. The third kappa shape index (κ3) is 3.96. The van der Waals surface area contributed by atoms with Crippen LogP contribution in [0.25, 0.3) is 0 Å². The predicted molar refractivity (Wildman–Crippen MR) is 78.9 cm³/mol. The molecule has 0 aromatic heterocycles. The first-order valence-electron chi connectivity index (χ1n) is 7.81. The summed E-state index contributed by atoms with van der Waals surface area (Å²) in [6.45, 7) is 11.8. The summed E-state index contributed by atoms with van der Waals surface area (Å²) < 4.78 is 0. The van der Waals surface area contributed by atoms with Crippen molar-refractivity contribution in [2.24, 2.45) is 5.92 Å². The van der Waals surface area contributed by atoms with Gasteiger partial charge in [0, 0.05) is 23.2 Å². The predicted octanol–water partition coefficient (Wildman–Crippen LogP) is 3.46. The van der Waals surface area contributed by atoms with E-state index in [1.807, 2.05) is 0 Å². The molecule has 1 saturated carbocycles. The standard InChI is InChI=1S/C16H32N2/c1-12-6-8-13(9-7-12)17-14-10-15(2,3)18-16(4,5)11-14/h12-14,17-18H,6-11H2,1-5H3. The van der Waals surface area contributed by atoms with E-state index in [1.165, 1.54) is 38.5 Å². The summed E-state index contributed by atoms with van der Waals surface area (Å²) >= 11 is 0. The molecule has 1 aliphatic heterocycles. The lowest BCUT2D eigenvalue weighted by molar-refractivity contribution is 0.132. The summed E-state index contributed by atoms with van der Waals surface area (Å²) in [6, 6.07) is 1.46. The van der Waals surface area contributed by atoms with Gasteiger partial charge in [-0.15, -0.1) is 0 Å². The van der Waals surface area contributed by atoms with E-state index in [0.29, 0.717) is 6.04 Å². The fourth-order valence-electron chi connectivity index (χ4n) is 4.20. The second-order valence-electron chi connectivity index (χ2n) is 8.12. The summed E-state index contributed by atoms with van der Waals surface area (Å²) in [4.78, 5) is 0. The highest BCUT2D eigenvalue weighted by Gasteiger charge is 2.38. The van der Waals surface area contributed by atoms with E-state index >= 15 is 0 Å². The molecule has 2 fully saturated rings. The third-order valence-corrected chi connectivity index (χ3v) is 4.68. The second kappa shape index (κ2) is 5.13. The molecule has 2 nitrogen and oxygen atoms in total. The molecule has 0 radical (unpaired) electrons. The lowest BCUT2D eigenvalue weighted by atomic mass is 9.78. The van der Waals surface area contributed by atoms with Crippen LogP contribution in [0.3, 0.4) is 0 Å². The molecule has 1 saturated heterocycles. The molecule has 0 amide bonds. The minimum absolute atomic E-state index is 0.265. The van der Waals surface area contributed by atoms with E-state index in [4.69, 9.17) is 0 Å². The highest BCUT2D eigenvalue weighted by molar-refractivity contribution is 5.00. The maximum atomic E-state index is 3.95. The van der Waals surface area contributed by atoms with E-state index in [1.54, 1.807) is 0 Å². The molecule has 0 aromatic carbocycles. The van der Waals surface area contributed by atoms with Crippen LogP contribution in [0.5, 0.6) is 0 Å². The Balaban J connectivity index is 1.89. The summed E-state index contributed by atoms with van der Waals surface area (Å²) in [5.41, 5.74) is 0.531. The van der Waals surface area contributed by atoms with Gasteiger partial charge in [-0.3, -0.25) is 0 Å². The third-order valence-electron chi connectivity index (χ3n) is 4.68. The Morgan fingerprint density at radius 3 is 1.83 bits per heavy atom. The average Bonchev–Trinajstić information content (AvgIpc) is 2.16. The smallest absolute Gasteiger partial charge is 0.0144 e. The van der Waals surface area contributed by atoms with Crippen LogP contribution >= 0.6 is 0 Å². The van der Waals surface area contributed by atoms with Crippen molar-refractivity contribution >= 4 is 0 Å². The van der Waals surface area contributed by atoms with Gasteiger partial charge in [0.05, 0.1) is 0 Å². The van der Waals surface area contributed by atoms with Gasteiger partial charge in [0.15, 0.2) is 0 Å². The van der Waals surface area contributed by atoms with Gasteiger partial charge < -0.3 is 10.6 Å². The van der Waals surface area contributed by atoms with Crippen LogP contribution < -0.4 is 10.6 Å². The van der Waals surface area contributed by atoms with Crippen LogP contribution in [0.2, 0.25) is 0 Å². The highest BCUT2D eigenvalue weighted by atomic mass is 15.1. The van der Waals surface area contributed by atoms with Crippen molar-refractivity contribution in [1.29, 1.82) is 0 Å². The molecule has 0 unspecified atom stereocenters. The van der Waals surface area contributed by atoms with Crippen LogP contribution in [-0.4, -0.2) is 23.2 Å². The zero-order valence-electron chi connectivity index (χ0n) is 13.0. The van der Waals surface area contributed by atoms with Gasteiger partial charge in [-0.05, 0) is 72.1 Å². The van der Waals surface area contributed by atoms with Gasteiger partial charge in [-0.2, -0.15) is 0 Å². The molecule has 0 aromatic rings. The normalized spacial score (nSPS) is 36.5. The van der Waals surface area contributed by atoms with Gasteiger partial charge in [0.2, 0.25) is 0 Å². The topological polar surface area (TPSA) is 24.1 Å². The summed E-state index contributed by atoms with van der Waals surface area (Å²) in [5.74, 6) is 0.948. The van der Waals surface area contributed by atoms with Crippen molar-refractivity contribution in [2.45, 2.75) is 96.3 Å². The summed E-state index contributed by atoms with van der Waals surface area (Å²) in [7, 11) is 0. The molecule has 0 spiro atoms. The molecule has 2 N–H and O–H groups in total. The van der Waals surface area contributed by atoms with Crippen molar-refractivity contribution in [3.63, 3.8) is 0 Å². The Morgan fingerprint density at radius 2 is 1.33 bits per heavy atom. The molecule has 1 heterocycles. The van der Waals surface area contributed by atoms with Crippen LogP contribution in [-0.2, 0) is 0 Å². The maximum absolute atomic E-state index is 3.95. The summed E-state index contributed by atoms with van der Waals surface area (Å²) in [6.07, 6.45) is 8.09. The molecule has 2 heteroatoms. The second-order valence-corrected chi connectivity index (χ2v) is 8.12. The van der Waals surface area contributed by atoms with Gasteiger partial charge in [0.25, 0.3) is 0 Å². The molecule has 106 valence electrons. The Bertz CT molecular complexity index is 259. The highest BCUT2D eigenvalue weighted by Crippen LogP contribution is 2.30.